The number of sulfonamides is 1. The Labute approximate surface area is 131 Å². The summed E-state index contributed by atoms with van der Waals surface area (Å²) >= 11 is 0. The number of nitrogens with zero attached hydrogens (tertiary/aromatic N) is 1. The van der Waals surface area contributed by atoms with Crippen molar-refractivity contribution in [2.45, 2.75) is 27.2 Å². The predicted octanol–water partition coefficient (Wildman–Crippen LogP) is 3.46. The van der Waals surface area contributed by atoms with Crippen molar-refractivity contribution < 1.29 is 8.42 Å². The second kappa shape index (κ2) is 6.79. The predicted molar refractivity (Wildman–Crippen MR) is 91.2 cm³/mol. The van der Waals surface area contributed by atoms with Gasteiger partial charge in [-0.05, 0) is 43.5 Å². The number of aromatic nitrogens is 1. The minimum atomic E-state index is -3.29. The molecule has 5 nitrogen and oxygen atoms in total. The minimum Gasteiger partial charge on any atom is -0.354 e. The van der Waals surface area contributed by atoms with E-state index in [1.165, 1.54) is 5.56 Å². The number of hydrogen-bond acceptors (Lipinski definition) is 4. The lowest BCUT2D eigenvalue weighted by molar-refractivity contribution is 0.602. The molecule has 0 aliphatic rings. The van der Waals surface area contributed by atoms with E-state index in [2.05, 4.69) is 41.0 Å². The Kier molecular flexibility index (Phi) is 5.03. The Bertz CT molecular complexity index is 740. The van der Waals surface area contributed by atoms with Gasteiger partial charge >= 0.3 is 0 Å². The molecule has 0 unspecified atom stereocenters. The smallest absolute Gasteiger partial charge is 0.233 e. The van der Waals surface area contributed by atoms with E-state index in [9.17, 15) is 8.42 Å². The molecule has 2 aromatic rings. The van der Waals surface area contributed by atoms with Crippen molar-refractivity contribution in [3.8, 4) is 0 Å². The van der Waals surface area contributed by atoms with Crippen molar-refractivity contribution in [3.63, 3.8) is 0 Å². The van der Waals surface area contributed by atoms with E-state index in [0.717, 1.165) is 23.4 Å². The molecule has 0 spiro atoms. The summed E-state index contributed by atoms with van der Waals surface area (Å²) in [5.41, 5.74) is 4.29. The van der Waals surface area contributed by atoms with Gasteiger partial charge in [-0.3, -0.25) is 4.72 Å². The van der Waals surface area contributed by atoms with E-state index in [1.54, 1.807) is 19.2 Å². The zero-order valence-corrected chi connectivity index (χ0v) is 13.9. The maximum Gasteiger partial charge on any atom is 0.233 e. The van der Waals surface area contributed by atoms with Crippen molar-refractivity contribution in [2.75, 3.05) is 15.8 Å². The Morgan fingerprint density at radius 3 is 2.50 bits per heavy atom. The summed E-state index contributed by atoms with van der Waals surface area (Å²) in [4.78, 5) is 4.14. The van der Waals surface area contributed by atoms with Crippen LogP contribution in [0.2, 0.25) is 0 Å². The number of pyridine rings is 1. The standard InChI is InChI=1S/C16H21N3O2S/c1-4-13-8-6-7-12(3)16(13)18-14-9-10-15(17-11-14)19-22(20,21)5-2/h6-11,18H,4-5H2,1-3H3,(H,17,19). The maximum atomic E-state index is 11.5. The van der Waals surface area contributed by atoms with Gasteiger partial charge in [0, 0.05) is 5.69 Å². The number of anilines is 3. The number of rotatable bonds is 6. The highest BCUT2D eigenvalue weighted by molar-refractivity contribution is 7.92. The van der Waals surface area contributed by atoms with Gasteiger partial charge in [0.15, 0.2) is 0 Å². The van der Waals surface area contributed by atoms with Crippen LogP contribution in [0.25, 0.3) is 0 Å². The van der Waals surface area contributed by atoms with E-state index in [4.69, 9.17) is 0 Å². The fourth-order valence-corrected chi connectivity index (χ4v) is 2.69. The molecule has 0 radical (unpaired) electrons. The summed E-state index contributed by atoms with van der Waals surface area (Å²) in [6, 6.07) is 9.65. The van der Waals surface area contributed by atoms with Gasteiger partial charge < -0.3 is 5.32 Å². The van der Waals surface area contributed by atoms with Crippen LogP contribution in [0.1, 0.15) is 25.0 Å². The van der Waals surface area contributed by atoms with E-state index in [0.29, 0.717) is 5.82 Å². The average molecular weight is 319 g/mol. The van der Waals surface area contributed by atoms with Crippen molar-refractivity contribution >= 4 is 27.2 Å². The van der Waals surface area contributed by atoms with Crippen LogP contribution in [0.5, 0.6) is 0 Å². The molecule has 0 saturated heterocycles. The maximum absolute atomic E-state index is 11.5. The zero-order valence-electron chi connectivity index (χ0n) is 13.1. The first-order valence-electron chi connectivity index (χ1n) is 7.27. The molecule has 2 N–H and O–H groups in total. The van der Waals surface area contributed by atoms with Crippen LogP contribution in [0, 0.1) is 6.92 Å². The first-order valence-corrected chi connectivity index (χ1v) is 8.92. The van der Waals surface area contributed by atoms with Gasteiger partial charge in [-0.2, -0.15) is 0 Å². The largest absolute Gasteiger partial charge is 0.354 e. The monoisotopic (exact) mass is 319 g/mol. The van der Waals surface area contributed by atoms with Crippen LogP contribution in [0.15, 0.2) is 36.5 Å². The van der Waals surface area contributed by atoms with Gasteiger partial charge in [-0.1, -0.05) is 25.1 Å². The lowest BCUT2D eigenvalue weighted by Crippen LogP contribution is -2.15. The highest BCUT2D eigenvalue weighted by Gasteiger charge is 2.08. The van der Waals surface area contributed by atoms with Crippen LogP contribution >= 0.6 is 0 Å². The first-order chi connectivity index (χ1) is 10.4. The number of benzene rings is 1. The molecule has 0 amide bonds. The first kappa shape index (κ1) is 16.3. The quantitative estimate of drug-likeness (QED) is 0.855. The SMILES string of the molecule is CCc1cccc(C)c1Nc1ccc(NS(=O)(=O)CC)nc1. The van der Waals surface area contributed by atoms with Crippen molar-refractivity contribution in [2.24, 2.45) is 0 Å². The number of nitrogens with one attached hydrogen (secondary N) is 2. The number of hydrogen-bond donors (Lipinski definition) is 2. The lowest BCUT2D eigenvalue weighted by Gasteiger charge is -2.14. The average Bonchev–Trinajstić information content (AvgIpc) is 2.51. The fourth-order valence-electron chi connectivity index (χ4n) is 2.11. The lowest BCUT2D eigenvalue weighted by atomic mass is 10.1. The van der Waals surface area contributed by atoms with Crippen LogP contribution in [-0.2, 0) is 16.4 Å². The van der Waals surface area contributed by atoms with Gasteiger partial charge in [0.1, 0.15) is 5.82 Å². The Hall–Kier alpha value is -2.08. The normalized spacial score (nSPS) is 11.2. The molecular formula is C16H21N3O2S. The molecule has 2 rings (SSSR count). The fraction of sp³-hybridized carbons (Fsp3) is 0.312. The van der Waals surface area contributed by atoms with E-state index >= 15 is 0 Å². The molecule has 0 saturated carbocycles. The molecule has 0 aliphatic heterocycles. The molecule has 0 bridgehead atoms. The Morgan fingerprint density at radius 1 is 1.14 bits per heavy atom. The summed E-state index contributed by atoms with van der Waals surface area (Å²) < 4.78 is 25.4. The molecule has 118 valence electrons. The molecule has 22 heavy (non-hydrogen) atoms. The van der Waals surface area contributed by atoms with Crippen molar-refractivity contribution in [1.29, 1.82) is 0 Å². The van der Waals surface area contributed by atoms with Gasteiger partial charge in [0.05, 0.1) is 17.6 Å². The van der Waals surface area contributed by atoms with E-state index in [-0.39, 0.29) is 5.75 Å². The third-order valence-electron chi connectivity index (χ3n) is 3.41. The van der Waals surface area contributed by atoms with Gasteiger partial charge in [-0.25, -0.2) is 13.4 Å². The van der Waals surface area contributed by atoms with E-state index in [1.807, 2.05) is 12.1 Å². The summed E-state index contributed by atoms with van der Waals surface area (Å²) in [5, 5.41) is 3.36. The van der Waals surface area contributed by atoms with Crippen LogP contribution in [0.3, 0.4) is 0 Å². The van der Waals surface area contributed by atoms with E-state index < -0.39 is 10.0 Å². The summed E-state index contributed by atoms with van der Waals surface area (Å²) in [6.07, 6.45) is 2.56. The summed E-state index contributed by atoms with van der Waals surface area (Å²) in [7, 11) is -3.29. The highest BCUT2D eigenvalue weighted by Crippen LogP contribution is 2.25. The summed E-state index contributed by atoms with van der Waals surface area (Å²) in [5.74, 6) is 0.352. The molecule has 0 aliphatic carbocycles. The van der Waals surface area contributed by atoms with Gasteiger partial charge in [0.25, 0.3) is 0 Å². The molecule has 6 heteroatoms. The van der Waals surface area contributed by atoms with Gasteiger partial charge in [-0.15, -0.1) is 0 Å². The van der Waals surface area contributed by atoms with Crippen molar-refractivity contribution in [3.05, 3.63) is 47.7 Å². The second-order valence-electron chi connectivity index (χ2n) is 5.03. The molecule has 1 aromatic heterocycles. The van der Waals surface area contributed by atoms with Crippen LogP contribution in [0.4, 0.5) is 17.2 Å². The Morgan fingerprint density at radius 2 is 1.91 bits per heavy atom. The van der Waals surface area contributed by atoms with Crippen LogP contribution in [-0.4, -0.2) is 19.2 Å². The topological polar surface area (TPSA) is 71.1 Å². The van der Waals surface area contributed by atoms with Crippen LogP contribution < -0.4 is 10.0 Å². The van der Waals surface area contributed by atoms with Crippen molar-refractivity contribution in [1.82, 2.24) is 4.98 Å². The molecule has 0 fully saturated rings. The minimum absolute atomic E-state index is 0.0255. The third-order valence-corrected chi connectivity index (χ3v) is 4.69. The second-order valence-corrected chi connectivity index (χ2v) is 7.04. The number of para-hydroxylation sites is 1. The molecule has 1 heterocycles. The summed E-state index contributed by atoms with van der Waals surface area (Å²) in [6.45, 7) is 5.75. The molecular weight excluding hydrogens is 298 g/mol. The van der Waals surface area contributed by atoms with Gasteiger partial charge in [0.2, 0.25) is 10.0 Å². The molecule has 1 aromatic carbocycles. The third kappa shape index (κ3) is 3.98. The number of aryl methyl sites for hydroxylation is 2. The highest BCUT2D eigenvalue weighted by atomic mass is 32.2. The molecule has 0 atom stereocenters. The Balaban J connectivity index is 2.19. The zero-order chi connectivity index (χ0) is 16.2.